The molecule has 3 atom stereocenters. The van der Waals surface area contributed by atoms with Crippen LogP contribution in [-0.4, -0.2) is 45.7 Å². The van der Waals surface area contributed by atoms with Gasteiger partial charge in [0.1, 0.15) is 0 Å². The second-order valence-corrected chi connectivity index (χ2v) is 13.2. The van der Waals surface area contributed by atoms with Gasteiger partial charge in [-0.05, 0) is 93.1 Å². The SMILES string of the molecule is CCCC.CCCC(COC(C)(C)C)C(CCCC(O)c1cnc(/C=C(\C)C2(C(F)(F)F)CCC2)c(C)n1)OC(C)C. The molecule has 0 spiro atoms. The fourth-order valence-electron chi connectivity index (χ4n) is 5.12. The number of unbranched alkanes of at least 4 members (excludes halogenated alkanes) is 1. The number of allylic oxidation sites excluding steroid dienone is 1. The molecule has 1 aliphatic rings. The van der Waals surface area contributed by atoms with Crippen molar-refractivity contribution in [1.82, 2.24) is 9.97 Å². The molecule has 1 saturated carbocycles. The Morgan fingerprint density at radius 3 is 2.10 bits per heavy atom. The van der Waals surface area contributed by atoms with E-state index in [1.165, 1.54) is 32.0 Å². The van der Waals surface area contributed by atoms with Crippen molar-refractivity contribution in [1.29, 1.82) is 0 Å². The zero-order valence-electron chi connectivity index (χ0n) is 28.0. The van der Waals surface area contributed by atoms with E-state index in [4.69, 9.17) is 9.47 Å². The molecule has 0 bridgehead atoms. The minimum Gasteiger partial charge on any atom is -0.387 e. The average Bonchev–Trinajstić information content (AvgIpc) is 2.84. The van der Waals surface area contributed by atoms with E-state index in [0.717, 1.165) is 25.7 Å². The predicted octanol–water partition coefficient (Wildman–Crippen LogP) is 9.96. The van der Waals surface area contributed by atoms with Crippen molar-refractivity contribution < 1.29 is 27.8 Å². The highest BCUT2D eigenvalue weighted by Crippen LogP contribution is 2.57. The number of aliphatic hydroxyl groups is 1. The lowest BCUT2D eigenvalue weighted by Gasteiger charge is -2.44. The van der Waals surface area contributed by atoms with Crippen LogP contribution >= 0.6 is 0 Å². The largest absolute Gasteiger partial charge is 0.398 e. The summed E-state index contributed by atoms with van der Waals surface area (Å²) in [7, 11) is 0. The molecule has 1 aliphatic carbocycles. The molecule has 2 rings (SSSR count). The number of alkyl halides is 3. The third kappa shape index (κ3) is 12.2. The summed E-state index contributed by atoms with van der Waals surface area (Å²) in [6, 6.07) is 0. The minimum atomic E-state index is -4.27. The van der Waals surface area contributed by atoms with E-state index in [1.54, 1.807) is 6.92 Å². The zero-order valence-corrected chi connectivity index (χ0v) is 28.0. The molecule has 1 N–H and O–H groups in total. The van der Waals surface area contributed by atoms with Crippen LogP contribution in [0.25, 0.3) is 6.08 Å². The van der Waals surface area contributed by atoms with Gasteiger partial charge in [0, 0.05) is 5.92 Å². The van der Waals surface area contributed by atoms with Crippen molar-refractivity contribution in [3.8, 4) is 0 Å². The van der Waals surface area contributed by atoms with Gasteiger partial charge in [-0.15, -0.1) is 0 Å². The summed E-state index contributed by atoms with van der Waals surface area (Å²) in [6.45, 7) is 20.6. The molecule has 3 unspecified atom stereocenters. The molecule has 1 aromatic rings. The third-order valence-corrected chi connectivity index (χ3v) is 8.03. The fourth-order valence-corrected chi connectivity index (χ4v) is 5.12. The summed E-state index contributed by atoms with van der Waals surface area (Å²) in [5.74, 6) is 0.269. The highest BCUT2D eigenvalue weighted by atomic mass is 19.4. The van der Waals surface area contributed by atoms with Crippen molar-refractivity contribution >= 4 is 6.08 Å². The highest BCUT2D eigenvalue weighted by molar-refractivity contribution is 5.53. The Balaban J connectivity index is 0.00000206. The van der Waals surface area contributed by atoms with Crippen LogP contribution in [0, 0.1) is 18.3 Å². The second-order valence-electron chi connectivity index (χ2n) is 13.2. The van der Waals surface area contributed by atoms with Crippen LogP contribution in [0.15, 0.2) is 11.8 Å². The lowest BCUT2D eigenvalue weighted by atomic mass is 9.63. The first-order chi connectivity index (χ1) is 19.5. The van der Waals surface area contributed by atoms with Crippen LogP contribution in [0.2, 0.25) is 0 Å². The molecule has 0 saturated heterocycles. The topological polar surface area (TPSA) is 64.5 Å². The normalized spacial score (nSPS) is 17.7. The summed E-state index contributed by atoms with van der Waals surface area (Å²) < 4.78 is 53.4. The summed E-state index contributed by atoms with van der Waals surface area (Å²) in [5, 5.41) is 10.8. The van der Waals surface area contributed by atoms with Gasteiger partial charge in [-0.2, -0.15) is 13.2 Å². The molecule has 0 aromatic carbocycles. The maximum atomic E-state index is 13.7. The molecule has 244 valence electrons. The Labute approximate surface area is 254 Å². The molecule has 0 radical (unpaired) electrons. The van der Waals surface area contributed by atoms with E-state index >= 15 is 0 Å². The number of aliphatic hydroxyl groups excluding tert-OH is 1. The molecular weight excluding hydrogens is 541 g/mol. The molecule has 42 heavy (non-hydrogen) atoms. The van der Waals surface area contributed by atoms with Crippen molar-refractivity contribution in [2.45, 2.75) is 164 Å². The highest BCUT2D eigenvalue weighted by Gasteiger charge is 2.59. The van der Waals surface area contributed by atoms with Crippen molar-refractivity contribution in [2.24, 2.45) is 11.3 Å². The number of halogens is 3. The van der Waals surface area contributed by atoms with Crippen LogP contribution in [0.5, 0.6) is 0 Å². The number of aryl methyl sites for hydroxylation is 1. The molecule has 8 heteroatoms. The molecular formula is C34H59F3N2O3. The Morgan fingerprint density at radius 2 is 1.67 bits per heavy atom. The molecule has 5 nitrogen and oxygen atoms in total. The van der Waals surface area contributed by atoms with Gasteiger partial charge in [0.05, 0.1) is 59.2 Å². The lowest BCUT2D eigenvalue weighted by Crippen LogP contribution is -2.44. The van der Waals surface area contributed by atoms with E-state index in [0.29, 0.717) is 36.5 Å². The van der Waals surface area contributed by atoms with Crippen molar-refractivity contribution in [3.63, 3.8) is 0 Å². The summed E-state index contributed by atoms with van der Waals surface area (Å²) in [4.78, 5) is 8.86. The smallest absolute Gasteiger partial charge is 0.387 e. The van der Waals surface area contributed by atoms with Crippen molar-refractivity contribution in [2.75, 3.05) is 6.61 Å². The lowest BCUT2D eigenvalue weighted by molar-refractivity contribution is -0.233. The molecule has 1 heterocycles. The number of hydrogen-bond acceptors (Lipinski definition) is 5. The van der Waals surface area contributed by atoms with Gasteiger partial charge in [0.15, 0.2) is 0 Å². The second kappa shape index (κ2) is 17.7. The van der Waals surface area contributed by atoms with E-state index in [2.05, 4.69) is 51.5 Å². The number of aromatic nitrogens is 2. The molecule has 0 amide bonds. The van der Waals surface area contributed by atoms with Crippen LogP contribution in [0.1, 0.15) is 150 Å². The predicted molar refractivity (Wildman–Crippen MR) is 166 cm³/mol. The number of hydrogen-bond donors (Lipinski definition) is 1. The summed E-state index contributed by atoms with van der Waals surface area (Å²) in [6.07, 6.45) is 5.56. The minimum absolute atomic E-state index is 0.0280. The Kier molecular flexibility index (Phi) is 16.2. The van der Waals surface area contributed by atoms with E-state index in [-0.39, 0.29) is 42.1 Å². The van der Waals surface area contributed by atoms with Crippen LogP contribution in [-0.2, 0) is 9.47 Å². The van der Waals surface area contributed by atoms with E-state index < -0.39 is 17.7 Å². The number of rotatable bonds is 15. The van der Waals surface area contributed by atoms with E-state index in [1.807, 2.05) is 13.8 Å². The van der Waals surface area contributed by atoms with Gasteiger partial charge in [-0.3, -0.25) is 9.97 Å². The van der Waals surface area contributed by atoms with Gasteiger partial charge in [-0.25, -0.2) is 0 Å². The Morgan fingerprint density at radius 1 is 1.05 bits per heavy atom. The van der Waals surface area contributed by atoms with Crippen LogP contribution in [0.4, 0.5) is 13.2 Å². The first-order valence-corrected chi connectivity index (χ1v) is 16.1. The zero-order chi connectivity index (χ0) is 32.1. The molecule has 1 aromatic heterocycles. The standard InChI is InChI=1S/C30H49F3N2O3.C4H10/c1-9-12-23(19-37-28(6,7)8)27(38-20(2)3)14-10-13-26(36)25-18-34-24(22(5)35-25)17-21(4)29(15-11-16-29)30(31,32)33;1-3-4-2/h17-18,20,23,26-27,36H,9-16,19H2,1-8H3;3-4H2,1-2H3/b21-17+;. The Hall–Kier alpha value is -1.51. The quantitative estimate of drug-likeness (QED) is 0.217. The van der Waals surface area contributed by atoms with Gasteiger partial charge >= 0.3 is 6.18 Å². The monoisotopic (exact) mass is 600 g/mol. The number of nitrogens with zero attached hydrogens (tertiary/aromatic N) is 2. The first kappa shape index (κ1) is 38.5. The third-order valence-electron chi connectivity index (χ3n) is 8.03. The van der Waals surface area contributed by atoms with Gasteiger partial charge in [0.2, 0.25) is 0 Å². The Bertz CT molecular complexity index is 935. The van der Waals surface area contributed by atoms with Crippen LogP contribution in [0.3, 0.4) is 0 Å². The van der Waals surface area contributed by atoms with Gasteiger partial charge < -0.3 is 14.6 Å². The molecule has 1 fully saturated rings. The maximum absolute atomic E-state index is 13.7. The van der Waals surface area contributed by atoms with Crippen LogP contribution < -0.4 is 0 Å². The summed E-state index contributed by atoms with van der Waals surface area (Å²) >= 11 is 0. The van der Waals surface area contributed by atoms with Gasteiger partial charge in [-0.1, -0.05) is 52.0 Å². The van der Waals surface area contributed by atoms with Gasteiger partial charge in [0.25, 0.3) is 0 Å². The van der Waals surface area contributed by atoms with Crippen molar-refractivity contribution in [3.05, 3.63) is 28.9 Å². The summed E-state index contributed by atoms with van der Waals surface area (Å²) in [5.41, 5.74) is -0.320. The number of ether oxygens (including phenoxy) is 2. The fraction of sp³-hybridized carbons (Fsp3) is 0.824. The maximum Gasteiger partial charge on any atom is 0.398 e. The van der Waals surface area contributed by atoms with E-state index in [9.17, 15) is 18.3 Å². The average molecular weight is 601 g/mol. The molecule has 0 aliphatic heterocycles. The first-order valence-electron chi connectivity index (χ1n) is 16.1.